The van der Waals surface area contributed by atoms with Crippen molar-refractivity contribution >= 4 is 34.1 Å². The third-order valence-corrected chi connectivity index (χ3v) is 6.93. The summed E-state index contributed by atoms with van der Waals surface area (Å²) in [6, 6.07) is 17.4. The SMILES string of the molecule is CC(C)(O)C(C)(C)O.Cc1ccc(C(=Cc2cccc(B(O)O)c2)c2ccc(S(C)(=O)=O)cc2)nc1. The zero-order chi connectivity index (χ0) is 27.3. The monoisotopic (exact) mass is 511 g/mol. The molecule has 1 heterocycles. The highest BCUT2D eigenvalue weighted by Crippen LogP contribution is 2.26. The second kappa shape index (κ2) is 11.5. The van der Waals surface area contributed by atoms with E-state index in [0.29, 0.717) is 5.46 Å². The van der Waals surface area contributed by atoms with Crippen LogP contribution in [0.25, 0.3) is 11.6 Å². The lowest BCUT2D eigenvalue weighted by Crippen LogP contribution is -2.44. The summed E-state index contributed by atoms with van der Waals surface area (Å²) in [4.78, 5) is 4.74. The molecule has 0 saturated heterocycles. The predicted octanol–water partition coefficient (Wildman–Crippen LogP) is 2.59. The van der Waals surface area contributed by atoms with Crippen molar-refractivity contribution < 1.29 is 28.7 Å². The van der Waals surface area contributed by atoms with E-state index in [1.807, 2.05) is 31.2 Å². The van der Waals surface area contributed by atoms with Gasteiger partial charge in [-0.25, -0.2) is 8.42 Å². The molecule has 4 N–H and O–H groups in total. The van der Waals surface area contributed by atoms with Gasteiger partial charge in [0.2, 0.25) is 0 Å². The molecule has 0 aliphatic rings. The summed E-state index contributed by atoms with van der Waals surface area (Å²) >= 11 is 0. The molecule has 3 rings (SSSR count). The van der Waals surface area contributed by atoms with Gasteiger partial charge in [-0.15, -0.1) is 0 Å². The van der Waals surface area contributed by atoms with Gasteiger partial charge in [-0.2, -0.15) is 0 Å². The van der Waals surface area contributed by atoms with E-state index in [4.69, 9.17) is 10.2 Å². The van der Waals surface area contributed by atoms with E-state index >= 15 is 0 Å². The zero-order valence-corrected chi connectivity index (χ0v) is 22.3. The molecule has 1 aromatic heterocycles. The molecule has 0 fully saturated rings. The Bertz CT molecular complexity index is 1280. The molecule has 36 heavy (non-hydrogen) atoms. The minimum Gasteiger partial charge on any atom is -0.423 e. The Labute approximate surface area is 213 Å². The van der Waals surface area contributed by atoms with Gasteiger partial charge in [-0.1, -0.05) is 42.5 Å². The maximum absolute atomic E-state index is 11.7. The smallest absolute Gasteiger partial charge is 0.423 e. The number of rotatable bonds is 6. The number of aryl methyl sites for hydroxylation is 1. The molecule has 0 spiro atoms. The number of aliphatic hydroxyl groups is 2. The van der Waals surface area contributed by atoms with Crippen LogP contribution in [0.4, 0.5) is 0 Å². The number of sulfone groups is 1. The minimum absolute atomic E-state index is 0.248. The summed E-state index contributed by atoms with van der Waals surface area (Å²) in [6.45, 7) is 8.26. The van der Waals surface area contributed by atoms with Crippen LogP contribution in [0.1, 0.15) is 50.1 Å². The average molecular weight is 511 g/mol. The minimum atomic E-state index is -3.28. The van der Waals surface area contributed by atoms with E-state index in [2.05, 4.69) is 4.98 Å². The molecule has 0 aliphatic carbocycles. The molecular weight excluding hydrogens is 477 g/mol. The Balaban J connectivity index is 0.000000493. The van der Waals surface area contributed by atoms with E-state index < -0.39 is 28.2 Å². The molecule has 0 radical (unpaired) electrons. The fourth-order valence-corrected chi connectivity index (χ4v) is 3.42. The Kier molecular flexibility index (Phi) is 9.39. The predicted molar refractivity (Wildman–Crippen MR) is 144 cm³/mol. The number of nitrogens with zero attached hydrogens (tertiary/aromatic N) is 1. The third kappa shape index (κ3) is 8.39. The lowest BCUT2D eigenvalue weighted by Gasteiger charge is -2.31. The van der Waals surface area contributed by atoms with Crippen LogP contribution in [0.15, 0.2) is 71.8 Å². The molecule has 0 amide bonds. The van der Waals surface area contributed by atoms with Gasteiger partial charge in [-0.05, 0) is 81.0 Å². The van der Waals surface area contributed by atoms with Gasteiger partial charge in [0.05, 0.1) is 21.8 Å². The number of hydrogen-bond donors (Lipinski definition) is 4. The second-order valence-electron chi connectivity index (χ2n) is 9.74. The summed E-state index contributed by atoms with van der Waals surface area (Å²) < 4.78 is 23.5. The van der Waals surface area contributed by atoms with Gasteiger partial charge in [0.1, 0.15) is 0 Å². The van der Waals surface area contributed by atoms with Crippen molar-refractivity contribution in [2.45, 2.75) is 50.7 Å². The number of benzene rings is 2. The molecular formula is C27H34BNO6S. The number of hydrogen-bond acceptors (Lipinski definition) is 7. The van der Waals surface area contributed by atoms with Crippen LogP contribution in [0.2, 0.25) is 0 Å². The van der Waals surface area contributed by atoms with Crippen LogP contribution in [0, 0.1) is 6.92 Å². The Morgan fingerprint density at radius 2 is 1.50 bits per heavy atom. The number of aromatic nitrogens is 1. The molecule has 0 saturated carbocycles. The normalized spacial score (nSPS) is 12.6. The van der Waals surface area contributed by atoms with Gasteiger partial charge in [0.25, 0.3) is 0 Å². The van der Waals surface area contributed by atoms with Crippen molar-refractivity contribution in [3.8, 4) is 0 Å². The summed E-state index contributed by atoms with van der Waals surface area (Å²) in [5.74, 6) is 0. The number of pyridine rings is 1. The fraction of sp³-hybridized carbons (Fsp3) is 0.296. The highest BCUT2D eigenvalue weighted by molar-refractivity contribution is 7.90. The first-order valence-corrected chi connectivity index (χ1v) is 13.2. The van der Waals surface area contributed by atoms with Crippen LogP contribution in [0.5, 0.6) is 0 Å². The summed E-state index contributed by atoms with van der Waals surface area (Å²) in [5.41, 5.74) is 2.50. The lowest BCUT2D eigenvalue weighted by atomic mass is 9.79. The van der Waals surface area contributed by atoms with Crippen molar-refractivity contribution in [2.24, 2.45) is 0 Å². The van der Waals surface area contributed by atoms with E-state index in [0.717, 1.165) is 28.0 Å². The molecule has 7 nitrogen and oxygen atoms in total. The van der Waals surface area contributed by atoms with Crippen LogP contribution in [-0.2, 0) is 9.84 Å². The molecule has 0 unspecified atom stereocenters. The van der Waals surface area contributed by atoms with Crippen molar-refractivity contribution in [1.29, 1.82) is 0 Å². The van der Waals surface area contributed by atoms with Gasteiger partial charge >= 0.3 is 7.12 Å². The van der Waals surface area contributed by atoms with Crippen molar-refractivity contribution in [3.63, 3.8) is 0 Å². The highest BCUT2D eigenvalue weighted by atomic mass is 32.2. The molecule has 2 aromatic carbocycles. The van der Waals surface area contributed by atoms with E-state index in [1.54, 1.807) is 76.4 Å². The van der Waals surface area contributed by atoms with E-state index in [9.17, 15) is 18.5 Å². The molecule has 0 atom stereocenters. The first-order chi connectivity index (χ1) is 16.5. The van der Waals surface area contributed by atoms with Gasteiger partial charge in [-0.3, -0.25) is 4.98 Å². The Hall–Kier alpha value is -2.82. The summed E-state index contributed by atoms with van der Waals surface area (Å²) in [7, 11) is -4.83. The molecule has 0 aliphatic heterocycles. The topological polar surface area (TPSA) is 128 Å². The van der Waals surface area contributed by atoms with Crippen LogP contribution in [0.3, 0.4) is 0 Å². The van der Waals surface area contributed by atoms with E-state index in [1.165, 1.54) is 6.26 Å². The molecule has 9 heteroatoms. The fourth-order valence-electron chi connectivity index (χ4n) is 2.79. The maximum atomic E-state index is 11.7. The Morgan fingerprint density at radius 3 is 1.94 bits per heavy atom. The van der Waals surface area contributed by atoms with Crippen molar-refractivity contribution in [2.75, 3.05) is 6.26 Å². The lowest BCUT2D eigenvalue weighted by molar-refractivity contribution is -0.107. The van der Waals surface area contributed by atoms with Gasteiger partial charge in [0, 0.05) is 18.0 Å². The zero-order valence-electron chi connectivity index (χ0n) is 21.5. The second-order valence-corrected chi connectivity index (χ2v) is 11.8. The standard InChI is InChI=1S/C21H20BNO4S.C6H14O2/c1-15-6-11-21(23-14-15)20(13-16-4-3-5-18(12-16)22(24)25)17-7-9-19(10-8-17)28(2,26)27;1-5(2,7)6(3,4)8/h3-14,24-25H,1-2H3;7-8H,1-4H3. The first-order valence-electron chi connectivity index (χ1n) is 11.3. The van der Waals surface area contributed by atoms with Crippen molar-refractivity contribution in [3.05, 3.63) is 89.2 Å². The molecule has 0 bridgehead atoms. The van der Waals surface area contributed by atoms with Crippen LogP contribution in [-0.4, -0.2) is 58.2 Å². The third-order valence-electron chi connectivity index (χ3n) is 5.80. The van der Waals surface area contributed by atoms with Crippen LogP contribution < -0.4 is 5.46 Å². The average Bonchev–Trinajstić information content (AvgIpc) is 2.77. The Morgan fingerprint density at radius 1 is 0.917 bits per heavy atom. The van der Waals surface area contributed by atoms with E-state index in [-0.39, 0.29) is 4.90 Å². The molecule has 3 aromatic rings. The first kappa shape index (κ1) is 29.4. The summed E-state index contributed by atoms with van der Waals surface area (Å²) in [6.07, 6.45) is 4.83. The quantitative estimate of drug-likeness (QED) is 0.296. The van der Waals surface area contributed by atoms with Crippen molar-refractivity contribution in [1.82, 2.24) is 4.98 Å². The van der Waals surface area contributed by atoms with Gasteiger partial charge < -0.3 is 20.3 Å². The largest absolute Gasteiger partial charge is 0.488 e. The molecule has 192 valence electrons. The van der Waals surface area contributed by atoms with Crippen LogP contribution >= 0.6 is 0 Å². The highest BCUT2D eigenvalue weighted by Gasteiger charge is 2.31. The summed E-state index contributed by atoms with van der Waals surface area (Å²) in [5, 5.41) is 37.0. The maximum Gasteiger partial charge on any atom is 0.488 e. The van der Waals surface area contributed by atoms with Gasteiger partial charge in [0.15, 0.2) is 9.84 Å².